The number of halogens is 1. The second-order valence-corrected chi connectivity index (χ2v) is 7.72. The average Bonchev–Trinajstić information content (AvgIpc) is 3.29. The summed E-state index contributed by atoms with van der Waals surface area (Å²) in [5, 5.41) is 3.62. The number of ether oxygens (including phenoxy) is 1. The number of thiazole rings is 1. The van der Waals surface area contributed by atoms with Crippen molar-refractivity contribution in [2.75, 3.05) is 13.7 Å². The van der Waals surface area contributed by atoms with Crippen LogP contribution in [0.5, 0.6) is 5.75 Å². The quantitative estimate of drug-likeness (QED) is 0.500. The van der Waals surface area contributed by atoms with Gasteiger partial charge in [0.25, 0.3) is 5.91 Å². The number of hydrogen-bond acceptors (Lipinski definition) is 4. The lowest BCUT2D eigenvalue weighted by Crippen LogP contribution is -2.25. The van der Waals surface area contributed by atoms with Gasteiger partial charge in [-0.1, -0.05) is 47.2 Å². The Kier molecular flexibility index (Phi) is 5.32. The number of amides is 1. The fraction of sp³-hybridized carbons (Fsp3) is 0.143. The highest BCUT2D eigenvalue weighted by Crippen LogP contribution is 2.30. The van der Waals surface area contributed by atoms with Crippen molar-refractivity contribution in [2.24, 2.45) is 0 Å². The van der Waals surface area contributed by atoms with Crippen LogP contribution in [-0.4, -0.2) is 28.9 Å². The van der Waals surface area contributed by atoms with Crippen LogP contribution in [-0.2, 0) is 6.42 Å². The number of methoxy groups -OCH3 is 1. The lowest BCUT2D eigenvalue weighted by Gasteiger charge is -2.03. The number of rotatable bonds is 6. The topological polar surface area (TPSA) is 55.6 Å². The second kappa shape index (κ2) is 8.04. The first-order valence-corrected chi connectivity index (χ1v) is 9.97. The summed E-state index contributed by atoms with van der Waals surface area (Å²) in [4.78, 5) is 18.7. The fourth-order valence-electron chi connectivity index (χ4n) is 2.88. The molecule has 5 nitrogen and oxygen atoms in total. The van der Waals surface area contributed by atoms with Gasteiger partial charge in [0.2, 0.25) is 0 Å². The molecule has 0 bridgehead atoms. The Morgan fingerprint density at radius 1 is 1.21 bits per heavy atom. The molecule has 0 saturated carbocycles. The number of imidazole rings is 1. The molecule has 0 aliphatic heterocycles. The van der Waals surface area contributed by atoms with Crippen LogP contribution >= 0.6 is 22.9 Å². The van der Waals surface area contributed by atoms with E-state index in [1.807, 2.05) is 59.1 Å². The zero-order valence-electron chi connectivity index (χ0n) is 15.2. The fourth-order valence-corrected chi connectivity index (χ4v) is 3.97. The molecule has 1 amide bonds. The van der Waals surface area contributed by atoms with Gasteiger partial charge in [0.05, 0.1) is 12.0 Å². The highest BCUT2D eigenvalue weighted by atomic mass is 35.5. The molecule has 0 saturated heterocycles. The van der Waals surface area contributed by atoms with Gasteiger partial charge in [-0.15, -0.1) is 0 Å². The van der Waals surface area contributed by atoms with Crippen LogP contribution in [0, 0.1) is 0 Å². The molecule has 2 heterocycles. The Hall–Kier alpha value is -2.83. The van der Waals surface area contributed by atoms with Crippen LogP contribution in [0.4, 0.5) is 0 Å². The van der Waals surface area contributed by atoms with E-state index < -0.39 is 0 Å². The van der Waals surface area contributed by atoms with E-state index >= 15 is 0 Å². The van der Waals surface area contributed by atoms with Crippen LogP contribution in [0.1, 0.15) is 16.1 Å². The monoisotopic (exact) mass is 411 g/mol. The van der Waals surface area contributed by atoms with Gasteiger partial charge in [0.15, 0.2) is 4.96 Å². The van der Waals surface area contributed by atoms with Crippen LogP contribution in [0.3, 0.4) is 0 Å². The van der Waals surface area contributed by atoms with Crippen LogP contribution < -0.4 is 10.1 Å². The molecule has 28 heavy (non-hydrogen) atoms. The predicted octanol–water partition coefficient (Wildman–Crippen LogP) is 4.70. The standard InChI is InChI=1S/C21H18ClN3O2S/c1-27-17-4-2-3-15(11-17)19-13-25-12-18(24-21(25)28-19)20(26)23-10-9-14-5-7-16(22)8-6-14/h2-8,11-13H,9-10H2,1H3,(H,23,26). The third-order valence-corrected chi connectivity index (χ3v) is 5.65. The molecule has 0 unspecified atom stereocenters. The van der Waals surface area contributed by atoms with Crippen LogP contribution in [0.2, 0.25) is 5.02 Å². The largest absolute Gasteiger partial charge is 0.497 e. The summed E-state index contributed by atoms with van der Waals surface area (Å²) in [5.41, 5.74) is 2.60. The number of carbonyl (C=O) groups is 1. The summed E-state index contributed by atoms with van der Waals surface area (Å²) >= 11 is 7.42. The van der Waals surface area contributed by atoms with E-state index in [4.69, 9.17) is 16.3 Å². The smallest absolute Gasteiger partial charge is 0.271 e. The number of nitrogens with zero attached hydrogens (tertiary/aromatic N) is 2. The Bertz CT molecular complexity index is 1090. The van der Waals surface area contributed by atoms with Gasteiger partial charge < -0.3 is 10.1 Å². The number of fused-ring (bicyclic) bond motifs is 1. The molecule has 7 heteroatoms. The molecule has 0 radical (unpaired) electrons. The van der Waals surface area contributed by atoms with Crippen LogP contribution in [0.15, 0.2) is 60.9 Å². The minimum Gasteiger partial charge on any atom is -0.497 e. The molecule has 2 aromatic heterocycles. The van der Waals surface area contributed by atoms with Gasteiger partial charge in [-0.25, -0.2) is 4.98 Å². The van der Waals surface area contributed by atoms with E-state index in [1.54, 1.807) is 13.3 Å². The molecule has 0 atom stereocenters. The maximum atomic E-state index is 12.4. The maximum absolute atomic E-state index is 12.4. The molecule has 0 spiro atoms. The number of hydrogen-bond donors (Lipinski definition) is 1. The minimum atomic E-state index is -0.173. The second-order valence-electron chi connectivity index (χ2n) is 6.28. The first-order chi connectivity index (χ1) is 13.6. The Morgan fingerprint density at radius 3 is 2.79 bits per heavy atom. The number of carbonyl (C=O) groups excluding carboxylic acids is 1. The third-order valence-electron chi connectivity index (χ3n) is 4.36. The number of nitrogens with one attached hydrogen (secondary N) is 1. The van der Waals surface area contributed by atoms with Crippen molar-refractivity contribution in [1.82, 2.24) is 14.7 Å². The maximum Gasteiger partial charge on any atom is 0.271 e. The van der Waals surface area contributed by atoms with Crippen molar-refractivity contribution >= 4 is 33.8 Å². The minimum absolute atomic E-state index is 0.173. The van der Waals surface area contributed by atoms with E-state index in [-0.39, 0.29) is 5.91 Å². The van der Waals surface area contributed by atoms with E-state index in [0.29, 0.717) is 17.3 Å². The van der Waals surface area contributed by atoms with Crippen molar-refractivity contribution < 1.29 is 9.53 Å². The van der Waals surface area contributed by atoms with Crippen molar-refractivity contribution in [1.29, 1.82) is 0 Å². The summed E-state index contributed by atoms with van der Waals surface area (Å²) in [6.45, 7) is 0.542. The van der Waals surface area contributed by atoms with Gasteiger partial charge in [-0.2, -0.15) is 0 Å². The van der Waals surface area contributed by atoms with Gasteiger partial charge >= 0.3 is 0 Å². The SMILES string of the molecule is COc1cccc(-c2cn3cc(C(=O)NCCc4ccc(Cl)cc4)nc3s2)c1. The molecule has 0 aliphatic rings. The number of benzene rings is 2. The molecule has 0 fully saturated rings. The Morgan fingerprint density at radius 2 is 2.04 bits per heavy atom. The van der Waals surface area contributed by atoms with Gasteiger partial charge in [0, 0.05) is 24.0 Å². The highest BCUT2D eigenvalue weighted by molar-refractivity contribution is 7.20. The van der Waals surface area contributed by atoms with Crippen molar-refractivity contribution in [3.8, 4) is 16.2 Å². The van der Waals surface area contributed by atoms with Crippen molar-refractivity contribution in [2.45, 2.75) is 6.42 Å². The zero-order valence-corrected chi connectivity index (χ0v) is 16.8. The summed E-state index contributed by atoms with van der Waals surface area (Å²) in [5.74, 6) is 0.636. The molecule has 0 aliphatic carbocycles. The Labute approximate surface area is 171 Å². The molecular formula is C21H18ClN3O2S. The van der Waals surface area contributed by atoms with Gasteiger partial charge in [-0.3, -0.25) is 9.20 Å². The molecule has 4 aromatic rings. The van der Waals surface area contributed by atoms with E-state index in [1.165, 1.54) is 11.3 Å². The molecule has 2 aromatic carbocycles. The number of aromatic nitrogens is 2. The summed E-state index contributed by atoms with van der Waals surface area (Å²) in [6, 6.07) is 15.5. The zero-order chi connectivity index (χ0) is 19.5. The first kappa shape index (κ1) is 18.5. The lowest BCUT2D eigenvalue weighted by atomic mass is 10.1. The van der Waals surface area contributed by atoms with Crippen molar-refractivity contribution in [3.05, 3.63) is 77.2 Å². The summed E-state index contributed by atoms with van der Waals surface area (Å²) in [6.07, 6.45) is 4.48. The predicted molar refractivity (Wildman–Crippen MR) is 113 cm³/mol. The van der Waals surface area contributed by atoms with Crippen LogP contribution in [0.25, 0.3) is 15.4 Å². The molecule has 142 valence electrons. The summed E-state index contributed by atoms with van der Waals surface area (Å²) < 4.78 is 7.16. The third kappa shape index (κ3) is 4.03. The van der Waals surface area contributed by atoms with Crippen molar-refractivity contribution in [3.63, 3.8) is 0 Å². The highest BCUT2D eigenvalue weighted by Gasteiger charge is 2.13. The normalized spacial score (nSPS) is 10.9. The van der Waals surface area contributed by atoms with Gasteiger partial charge in [-0.05, 0) is 41.8 Å². The molecular weight excluding hydrogens is 394 g/mol. The summed E-state index contributed by atoms with van der Waals surface area (Å²) in [7, 11) is 1.65. The first-order valence-electron chi connectivity index (χ1n) is 8.78. The van der Waals surface area contributed by atoms with Gasteiger partial charge in [0.1, 0.15) is 11.4 Å². The van der Waals surface area contributed by atoms with E-state index in [9.17, 15) is 4.79 Å². The average molecular weight is 412 g/mol. The Balaban J connectivity index is 1.42. The molecule has 1 N–H and O–H groups in total. The lowest BCUT2D eigenvalue weighted by molar-refractivity contribution is 0.0950. The molecule has 4 rings (SSSR count). The van der Waals surface area contributed by atoms with E-state index in [2.05, 4.69) is 10.3 Å². The van der Waals surface area contributed by atoms with E-state index in [0.717, 1.165) is 33.1 Å².